The number of hydrogen-bond acceptors (Lipinski definition) is 2. The summed E-state index contributed by atoms with van der Waals surface area (Å²) in [4.78, 5) is 15.9. The van der Waals surface area contributed by atoms with Crippen LogP contribution in [0.5, 0.6) is 0 Å². The van der Waals surface area contributed by atoms with Crippen molar-refractivity contribution in [2.45, 2.75) is 32.1 Å². The van der Waals surface area contributed by atoms with E-state index in [1.807, 2.05) is 11.6 Å². The SMILES string of the molecule is CCc1ccc(-c2nc3c(n2C)CCC3C(=O)O)cc1. The van der Waals surface area contributed by atoms with Gasteiger partial charge in [-0.2, -0.15) is 0 Å². The lowest BCUT2D eigenvalue weighted by Gasteiger charge is -2.06. The number of hydrogen-bond donors (Lipinski definition) is 1. The second-order valence-electron chi connectivity index (χ2n) is 5.31. The van der Waals surface area contributed by atoms with Gasteiger partial charge in [-0.25, -0.2) is 4.98 Å². The second kappa shape index (κ2) is 4.78. The Morgan fingerprint density at radius 2 is 2.10 bits per heavy atom. The van der Waals surface area contributed by atoms with Gasteiger partial charge < -0.3 is 9.67 Å². The minimum absolute atomic E-state index is 0.445. The Kier molecular flexibility index (Phi) is 3.08. The molecule has 0 saturated heterocycles. The number of aromatic nitrogens is 2. The molecule has 1 aromatic carbocycles. The number of carboxylic acids is 1. The Morgan fingerprint density at radius 3 is 2.70 bits per heavy atom. The van der Waals surface area contributed by atoms with Crippen molar-refractivity contribution in [3.63, 3.8) is 0 Å². The van der Waals surface area contributed by atoms with Crippen molar-refractivity contribution in [2.24, 2.45) is 7.05 Å². The van der Waals surface area contributed by atoms with Crippen LogP contribution in [0.2, 0.25) is 0 Å². The first-order valence-corrected chi connectivity index (χ1v) is 6.99. The van der Waals surface area contributed by atoms with Crippen LogP contribution in [-0.2, 0) is 24.7 Å². The fraction of sp³-hybridized carbons (Fsp3) is 0.375. The Labute approximate surface area is 118 Å². The number of aliphatic carboxylic acids is 1. The van der Waals surface area contributed by atoms with Gasteiger partial charge in [0.15, 0.2) is 0 Å². The average molecular weight is 270 g/mol. The van der Waals surface area contributed by atoms with Crippen LogP contribution >= 0.6 is 0 Å². The zero-order valence-corrected chi connectivity index (χ0v) is 11.8. The van der Waals surface area contributed by atoms with Crippen LogP contribution in [0.3, 0.4) is 0 Å². The van der Waals surface area contributed by atoms with Crippen LogP contribution in [0.4, 0.5) is 0 Å². The van der Waals surface area contributed by atoms with Crippen LogP contribution in [0, 0.1) is 0 Å². The molecule has 1 atom stereocenters. The van der Waals surface area contributed by atoms with E-state index >= 15 is 0 Å². The molecule has 3 rings (SSSR count). The van der Waals surface area contributed by atoms with Crippen molar-refractivity contribution in [2.75, 3.05) is 0 Å². The number of rotatable bonds is 3. The molecular formula is C16H18N2O2. The zero-order valence-electron chi connectivity index (χ0n) is 11.8. The summed E-state index contributed by atoms with van der Waals surface area (Å²) in [6.45, 7) is 2.13. The zero-order chi connectivity index (χ0) is 14.3. The van der Waals surface area contributed by atoms with Gasteiger partial charge in [0.25, 0.3) is 0 Å². The predicted molar refractivity (Wildman–Crippen MR) is 76.7 cm³/mol. The standard InChI is InChI=1S/C16H18N2O2/c1-3-10-4-6-11(7-5-10)15-17-14-12(16(19)20)8-9-13(14)18(15)2/h4-7,12H,3,8-9H2,1-2H3,(H,19,20). The molecule has 4 heteroatoms. The van der Waals surface area contributed by atoms with Gasteiger partial charge in [-0.1, -0.05) is 31.2 Å². The first kappa shape index (κ1) is 12.9. The van der Waals surface area contributed by atoms with E-state index in [1.54, 1.807) is 0 Å². The molecule has 2 aromatic rings. The number of nitrogens with zero attached hydrogens (tertiary/aromatic N) is 2. The summed E-state index contributed by atoms with van der Waals surface area (Å²) in [5.74, 6) is -0.349. The highest BCUT2D eigenvalue weighted by Gasteiger charge is 2.33. The maximum absolute atomic E-state index is 11.3. The highest BCUT2D eigenvalue weighted by atomic mass is 16.4. The minimum atomic E-state index is -0.769. The summed E-state index contributed by atoms with van der Waals surface area (Å²) in [7, 11) is 1.97. The average Bonchev–Trinajstić information content (AvgIpc) is 3.00. The molecule has 20 heavy (non-hydrogen) atoms. The summed E-state index contributed by atoms with van der Waals surface area (Å²) in [5, 5.41) is 9.25. The fourth-order valence-corrected chi connectivity index (χ4v) is 2.93. The van der Waals surface area contributed by atoms with Gasteiger partial charge in [0, 0.05) is 18.3 Å². The topological polar surface area (TPSA) is 55.1 Å². The van der Waals surface area contributed by atoms with Crippen molar-refractivity contribution >= 4 is 5.97 Å². The molecule has 0 fully saturated rings. The Bertz CT molecular complexity index is 656. The number of aryl methyl sites for hydroxylation is 1. The summed E-state index contributed by atoms with van der Waals surface area (Å²) >= 11 is 0. The normalized spacial score (nSPS) is 17.2. The van der Waals surface area contributed by atoms with Crippen LogP contribution in [-0.4, -0.2) is 20.6 Å². The second-order valence-corrected chi connectivity index (χ2v) is 5.31. The fourth-order valence-electron chi connectivity index (χ4n) is 2.93. The lowest BCUT2D eigenvalue weighted by Crippen LogP contribution is -2.08. The Hall–Kier alpha value is -2.10. The van der Waals surface area contributed by atoms with Gasteiger partial charge in [0.05, 0.1) is 5.69 Å². The van der Waals surface area contributed by atoms with Crippen LogP contribution in [0.15, 0.2) is 24.3 Å². The number of fused-ring (bicyclic) bond motifs is 1. The summed E-state index contributed by atoms with van der Waals surface area (Å²) in [5.41, 5.74) is 4.14. The van der Waals surface area contributed by atoms with E-state index in [4.69, 9.17) is 0 Å². The summed E-state index contributed by atoms with van der Waals surface area (Å²) in [6, 6.07) is 8.33. The van der Waals surface area contributed by atoms with Crippen LogP contribution in [0.25, 0.3) is 11.4 Å². The summed E-state index contributed by atoms with van der Waals surface area (Å²) < 4.78 is 2.04. The molecule has 0 radical (unpaired) electrons. The van der Waals surface area contributed by atoms with E-state index in [9.17, 15) is 9.90 Å². The third-order valence-electron chi connectivity index (χ3n) is 4.16. The van der Waals surface area contributed by atoms with Gasteiger partial charge in [-0.05, 0) is 24.8 Å². The molecule has 0 aliphatic heterocycles. The van der Waals surface area contributed by atoms with Crippen molar-refractivity contribution in [3.8, 4) is 11.4 Å². The molecule has 104 valence electrons. The van der Waals surface area contributed by atoms with Gasteiger partial charge in [0.2, 0.25) is 0 Å². The van der Waals surface area contributed by atoms with Gasteiger partial charge in [-0.15, -0.1) is 0 Å². The molecule has 1 heterocycles. The first-order valence-electron chi connectivity index (χ1n) is 6.99. The van der Waals surface area contributed by atoms with E-state index in [0.29, 0.717) is 6.42 Å². The molecule has 4 nitrogen and oxygen atoms in total. The lowest BCUT2D eigenvalue weighted by molar-refractivity contribution is -0.138. The molecule has 0 spiro atoms. The number of imidazole rings is 1. The third kappa shape index (κ3) is 1.92. The van der Waals surface area contributed by atoms with Gasteiger partial charge in [0.1, 0.15) is 11.7 Å². The molecule has 0 bridgehead atoms. The Morgan fingerprint density at radius 1 is 1.40 bits per heavy atom. The smallest absolute Gasteiger partial charge is 0.312 e. The monoisotopic (exact) mass is 270 g/mol. The maximum Gasteiger partial charge on any atom is 0.312 e. The van der Waals surface area contributed by atoms with Gasteiger partial charge in [-0.3, -0.25) is 4.79 Å². The highest BCUT2D eigenvalue weighted by Crippen LogP contribution is 2.35. The quantitative estimate of drug-likeness (QED) is 0.933. The van der Waals surface area contributed by atoms with E-state index in [-0.39, 0.29) is 0 Å². The van der Waals surface area contributed by atoms with E-state index in [1.165, 1.54) is 5.56 Å². The van der Waals surface area contributed by atoms with Gasteiger partial charge >= 0.3 is 5.97 Å². The molecule has 1 N–H and O–H groups in total. The highest BCUT2D eigenvalue weighted by molar-refractivity contribution is 5.77. The molecule has 1 aliphatic carbocycles. The number of carbonyl (C=O) groups is 1. The lowest BCUT2D eigenvalue weighted by atomic mass is 10.1. The Balaban J connectivity index is 2.03. The molecule has 1 unspecified atom stereocenters. The first-order chi connectivity index (χ1) is 9.61. The van der Waals surface area contributed by atoms with Crippen molar-refractivity contribution in [1.29, 1.82) is 0 Å². The van der Waals surface area contributed by atoms with Crippen LogP contribution < -0.4 is 0 Å². The predicted octanol–water partition coefficient (Wildman–Crippen LogP) is 2.76. The van der Waals surface area contributed by atoms with Crippen LogP contribution in [0.1, 0.15) is 36.2 Å². The van der Waals surface area contributed by atoms with E-state index < -0.39 is 11.9 Å². The number of carboxylic acid groups (broad SMARTS) is 1. The minimum Gasteiger partial charge on any atom is -0.481 e. The molecular weight excluding hydrogens is 252 g/mol. The largest absolute Gasteiger partial charge is 0.481 e. The van der Waals surface area contributed by atoms with Crippen molar-refractivity contribution < 1.29 is 9.90 Å². The number of benzene rings is 1. The molecule has 0 saturated carbocycles. The van der Waals surface area contributed by atoms with Crippen molar-refractivity contribution in [3.05, 3.63) is 41.2 Å². The van der Waals surface area contributed by atoms with E-state index in [0.717, 1.165) is 35.6 Å². The molecule has 1 aromatic heterocycles. The van der Waals surface area contributed by atoms with E-state index in [2.05, 4.69) is 36.2 Å². The molecule has 1 aliphatic rings. The molecule has 0 amide bonds. The van der Waals surface area contributed by atoms with Crippen molar-refractivity contribution in [1.82, 2.24) is 9.55 Å². The summed E-state index contributed by atoms with van der Waals surface area (Å²) in [6.07, 6.45) is 2.47. The third-order valence-corrected chi connectivity index (χ3v) is 4.16. The maximum atomic E-state index is 11.3.